The lowest BCUT2D eigenvalue weighted by Gasteiger charge is -2.08. The first-order chi connectivity index (χ1) is 16.4. The summed E-state index contributed by atoms with van der Waals surface area (Å²) in [6.07, 6.45) is 2.81. The maximum atomic E-state index is 13.3. The van der Waals surface area contributed by atoms with Crippen LogP contribution < -0.4 is 10.6 Å². The minimum absolute atomic E-state index is 0.0545. The van der Waals surface area contributed by atoms with Gasteiger partial charge in [-0.15, -0.1) is 22.7 Å². The van der Waals surface area contributed by atoms with Crippen LogP contribution >= 0.6 is 22.7 Å². The largest absolute Gasteiger partial charge is 0.351 e. The zero-order valence-electron chi connectivity index (χ0n) is 19.3. The lowest BCUT2D eigenvalue weighted by atomic mass is 10.2. The van der Waals surface area contributed by atoms with Gasteiger partial charge in [0, 0.05) is 27.9 Å². The first-order valence-electron chi connectivity index (χ1n) is 11.2. The molecule has 2 amide bonds. The van der Waals surface area contributed by atoms with Crippen LogP contribution in [0.25, 0.3) is 16.3 Å². The van der Waals surface area contributed by atoms with Gasteiger partial charge in [-0.05, 0) is 56.9 Å². The number of fused-ring (bicyclic) bond motifs is 1. The molecule has 34 heavy (non-hydrogen) atoms. The van der Waals surface area contributed by atoms with Gasteiger partial charge in [-0.25, -0.2) is 9.67 Å². The third-order valence-electron chi connectivity index (χ3n) is 5.91. The normalized spacial score (nSPS) is 12.6. The number of thiophene rings is 1. The maximum absolute atomic E-state index is 13.3. The van der Waals surface area contributed by atoms with Crippen molar-refractivity contribution in [2.75, 3.05) is 5.32 Å². The summed E-state index contributed by atoms with van der Waals surface area (Å²) in [6, 6.07) is 12.1. The molecule has 3 heterocycles. The first kappa shape index (κ1) is 22.5. The maximum Gasteiger partial charge on any atom is 0.278 e. The third-order valence-corrected chi connectivity index (χ3v) is 7.89. The summed E-state index contributed by atoms with van der Waals surface area (Å²) in [5.74, 6) is -0.274. The highest BCUT2D eigenvalue weighted by Crippen LogP contribution is 2.35. The molecule has 174 valence electrons. The molecule has 0 spiro atoms. The Morgan fingerprint density at radius 3 is 2.71 bits per heavy atom. The van der Waals surface area contributed by atoms with E-state index in [0.717, 1.165) is 62.1 Å². The molecular formula is C25H25N5O2S2. The van der Waals surface area contributed by atoms with Crippen molar-refractivity contribution in [2.24, 2.45) is 0 Å². The molecule has 0 atom stereocenters. The topological polar surface area (TPSA) is 88.9 Å². The molecule has 1 aliphatic rings. The van der Waals surface area contributed by atoms with Crippen molar-refractivity contribution in [1.29, 1.82) is 0 Å². The van der Waals surface area contributed by atoms with Crippen molar-refractivity contribution in [3.63, 3.8) is 0 Å². The van der Waals surface area contributed by atoms with Gasteiger partial charge < -0.3 is 5.32 Å². The molecule has 0 radical (unpaired) electrons. The Bertz CT molecular complexity index is 1400. The number of rotatable bonds is 6. The predicted octanol–water partition coefficient (Wildman–Crippen LogP) is 5.05. The molecule has 0 bridgehead atoms. The number of hydrogen-bond donors (Lipinski definition) is 2. The number of carbonyl (C=O) groups excluding carboxylic acids is 2. The molecule has 0 fully saturated rings. The van der Waals surface area contributed by atoms with Crippen LogP contribution in [0.4, 0.5) is 5.13 Å². The third kappa shape index (κ3) is 4.28. The zero-order valence-corrected chi connectivity index (χ0v) is 20.9. The van der Waals surface area contributed by atoms with Crippen LogP contribution in [-0.4, -0.2) is 26.6 Å². The fourth-order valence-corrected chi connectivity index (χ4v) is 6.15. The van der Waals surface area contributed by atoms with Crippen LogP contribution in [0.15, 0.2) is 36.4 Å². The number of benzene rings is 1. The van der Waals surface area contributed by atoms with E-state index in [1.807, 2.05) is 41.9 Å². The molecule has 5 rings (SSSR count). The van der Waals surface area contributed by atoms with E-state index >= 15 is 0 Å². The number of anilines is 1. The van der Waals surface area contributed by atoms with E-state index in [9.17, 15) is 9.59 Å². The molecule has 0 saturated carbocycles. The van der Waals surface area contributed by atoms with E-state index < -0.39 is 0 Å². The average molecular weight is 492 g/mol. The summed E-state index contributed by atoms with van der Waals surface area (Å²) in [5.41, 5.74) is 5.64. The Kier molecular flexibility index (Phi) is 6.05. The van der Waals surface area contributed by atoms with E-state index in [1.165, 1.54) is 18.3 Å². The molecule has 0 unspecified atom stereocenters. The van der Waals surface area contributed by atoms with Crippen molar-refractivity contribution in [2.45, 2.75) is 46.6 Å². The van der Waals surface area contributed by atoms with Gasteiger partial charge in [0.25, 0.3) is 5.91 Å². The monoisotopic (exact) mass is 491 g/mol. The van der Waals surface area contributed by atoms with Crippen LogP contribution in [0.3, 0.4) is 0 Å². The van der Waals surface area contributed by atoms with Gasteiger partial charge in [0.05, 0.1) is 22.8 Å². The highest BCUT2D eigenvalue weighted by atomic mass is 32.1. The van der Waals surface area contributed by atoms with Crippen molar-refractivity contribution >= 4 is 39.6 Å². The number of hydrogen-bond acceptors (Lipinski definition) is 6. The Labute approximate surface area is 205 Å². The summed E-state index contributed by atoms with van der Waals surface area (Å²) in [5, 5.41) is 11.1. The minimum Gasteiger partial charge on any atom is -0.351 e. The second kappa shape index (κ2) is 9.15. The van der Waals surface area contributed by atoms with Crippen molar-refractivity contribution in [1.82, 2.24) is 20.1 Å². The highest BCUT2D eigenvalue weighted by Gasteiger charge is 2.28. The van der Waals surface area contributed by atoms with Crippen molar-refractivity contribution in [3.05, 3.63) is 68.7 Å². The van der Waals surface area contributed by atoms with E-state index in [-0.39, 0.29) is 11.8 Å². The molecule has 1 aliphatic carbocycles. The second-order valence-corrected chi connectivity index (χ2v) is 10.8. The fraction of sp³-hybridized carbons (Fsp3) is 0.280. The smallest absolute Gasteiger partial charge is 0.278 e. The predicted molar refractivity (Wildman–Crippen MR) is 136 cm³/mol. The van der Waals surface area contributed by atoms with Gasteiger partial charge in [-0.1, -0.05) is 18.2 Å². The molecule has 7 nitrogen and oxygen atoms in total. The van der Waals surface area contributed by atoms with Crippen molar-refractivity contribution in [3.8, 4) is 16.3 Å². The Morgan fingerprint density at radius 1 is 1.09 bits per heavy atom. The molecule has 0 saturated heterocycles. The standard InChI is InChI=1S/C25H25N5O2S2/c1-14-7-4-5-9-19(14)30-20-10-6-8-18(20)23(29-30)24(32)28-25-27-22(15(2)33-25)21-12-11-17(34-21)13-26-16(3)31/h4-5,7,9,11-12H,6,8,10,13H2,1-3H3,(H,26,31)(H,27,28,32). The van der Waals surface area contributed by atoms with Crippen LogP contribution in [0, 0.1) is 13.8 Å². The lowest BCUT2D eigenvalue weighted by Crippen LogP contribution is -2.17. The van der Waals surface area contributed by atoms with E-state index in [4.69, 9.17) is 10.1 Å². The first-order valence-corrected chi connectivity index (χ1v) is 12.8. The number of aromatic nitrogens is 3. The number of amides is 2. The summed E-state index contributed by atoms with van der Waals surface area (Å²) in [6.45, 7) is 6.07. The summed E-state index contributed by atoms with van der Waals surface area (Å²) >= 11 is 3.05. The molecule has 1 aromatic carbocycles. The lowest BCUT2D eigenvalue weighted by molar-refractivity contribution is -0.119. The summed E-state index contributed by atoms with van der Waals surface area (Å²) in [7, 11) is 0. The van der Waals surface area contributed by atoms with Gasteiger partial charge in [0.2, 0.25) is 5.91 Å². The highest BCUT2D eigenvalue weighted by molar-refractivity contribution is 7.18. The van der Waals surface area contributed by atoms with Gasteiger partial charge >= 0.3 is 0 Å². The van der Waals surface area contributed by atoms with Crippen LogP contribution in [-0.2, 0) is 24.2 Å². The van der Waals surface area contributed by atoms with Crippen LogP contribution in [0.2, 0.25) is 0 Å². The zero-order chi connectivity index (χ0) is 23.8. The van der Waals surface area contributed by atoms with Crippen LogP contribution in [0.5, 0.6) is 0 Å². The molecule has 3 aromatic heterocycles. The Balaban J connectivity index is 1.39. The molecular weight excluding hydrogens is 466 g/mol. The minimum atomic E-state index is -0.219. The van der Waals surface area contributed by atoms with Crippen molar-refractivity contribution < 1.29 is 9.59 Å². The van der Waals surface area contributed by atoms with Crippen LogP contribution in [0.1, 0.15) is 50.4 Å². The van der Waals surface area contributed by atoms with E-state index in [1.54, 1.807) is 11.3 Å². The fourth-order valence-electron chi connectivity index (χ4n) is 4.27. The summed E-state index contributed by atoms with van der Waals surface area (Å²) in [4.78, 5) is 32.2. The molecule has 4 aromatic rings. The Hall–Kier alpha value is -3.30. The SMILES string of the molecule is CC(=O)NCc1ccc(-c2nc(NC(=O)c3nn(-c4ccccc4C)c4c3CCC4)sc2C)s1. The second-order valence-electron chi connectivity index (χ2n) is 8.38. The quantitative estimate of drug-likeness (QED) is 0.395. The molecule has 9 heteroatoms. The summed E-state index contributed by atoms with van der Waals surface area (Å²) < 4.78 is 1.94. The number of aryl methyl sites for hydroxylation is 2. The molecule has 0 aliphatic heterocycles. The number of nitrogens with zero attached hydrogens (tertiary/aromatic N) is 3. The average Bonchev–Trinajstić information content (AvgIpc) is 3.57. The van der Waals surface area contributed by atoms with Gasteiger partial charge in [-0.3, -0.25) is 14.9 Å². The number of thiazole rings is 1. The van der Waals surface area contributed by atoms with E-state index in [2.05, 4.69) is 23.6 Å². The van der Waals surface area contributed by atoms with Gasteiger partial charge in [0.1, 0.15) is 0 Å². The Morgan fingerprint density at radius 2 is 1.91 bits per heavy atom. The number of para-hydroxylation sites is 1. The number of carbonyl (C=O) groups is 2. The van der Waals surface area contributed by atoms with E-state index in [0.29, 0.717) is 17.4 Å². The molecule has 2 N–H and O–H groups in total. The number of nitrogens with one attached hydrogen (secondary N) is 2. The van der Waals surface area contributed by atoms with Gasteiger partial charge in [0.15, 0.2) is 10.8 Å². The van der Waals surface area contributed by atoms with Gasteiger partial charge in [-0.2, -0.15) is 5.10 Å².